The molecule has 0 unspecified atom stereocenters. The highest BCUT2D eigenvalue weighted by Gasteiger charge is 2.04. The van der Waals surface area contributed by atoms with E-state index in [0.29, 0.717) is 12.0 Å². The quantitative estimate of drug-likeness (QED) is 0.461. The van der Waals surface area contributed by atoms with Crippen LogP contribution in [0.15, 0.2) is 41.5 Å². The first-order valence-corrected chi connectivity index (χ1v) is 7.75. The van der Waals surface area contributed by atoms with E-state index in [1.807, 2.05) is 30.3 Å². The van der Waals surface area contributed by atoms with Crippen molar-refractivity contribution in [2.45, 2.75) is 39.0 Å². The van der Waals surface area contributed by atoms with Crippen LogP contribution in [0.5, 0.6) is 5.75 Å². The van der Waals surface area contributed by atoms with Crippen LogP contribution in [0, 0.1) is 0 Å². The first-order valence-electron chi connectivity index (χ1n) is 7.75. The zero-order valence-corrected chi connectivity index (χ0v) is 12.9. The number of hydrazone groups is 1. The number of nitrogens with zero attached hydrogens (tertiary/aromatic N) is 1. The summed E-state index contributed by atoms with van der Waals surface area (Å²) in [4.78, 5) is 11.7. The number of fused-ring (bicyclic) bond motifs is 1. The molecule has 2 aromatic carbocycles. The Labute approximate surface area is 130 Å². The van der Waals surface area contributed by atoms with E-state index < -0.39 is 0 Å². The molecule has 0 spiro atoms. The number of unbranched alkanes of at least 4 members (excludes halogenated alkanes) is 3. The van der Waals surface area contributed by atoms with Gasteiger partial charge in [0.2, 0.25) is 5.91 Å². The first-order chi connectivity index (χ1) is 10.7. The number of hydrogen-bond acceptors (Lipinski definition) is 3. The van der Waals surface area contributed by atoms with Gasteiger partial charge in [0.1, 0.15) is 5.75 Å². The average molecular weight is 298 g/mol. The molecule has 4 heteroatoms. The predicted octanol–water partition coefficient (Wildman–Crippen LogP) is 3.97. The topological polar surface area (TPSA) is 61.7 Å². The number of amides is 1. The van der Waals surface area contributed by atoms with E-state index in [2.05, 4.69) is 17.5 Å². The maximum atomic E-state index is 11.7. The molecule has 2 aromatic rings. The van der Waals surface area contributed by atoms with Gasteiger partial charge in [0, 0.05) is 12.0 Å². The van der Waals surface area contributed by atoms with Gasteiger partial charge in [-0.2, -0.15) is 5.10 Å². The van der Waals surface area contributed by atoms with Crippen LogP contribution < -0.4 is 5.43 Å². The molecule has 0 aliphatic rings. The lowest BCUT2D eigenvalue weighted by molar-refractivity contribution is -0.121. The fraction of sp³-hybridized carbons (Fsp3) is 0.333. The molecule has 116 valence electrons. The van der Waals surface area contributed by atoms with Crippen LogP contribution in [0.25, 0.3) is 10.8 Å². The predicted molar refractivity (Wildman–Crippen MR) is 90.1 cm³/mol. The van der Waals surface area contributed by atoms with Crippen molar-refractivity contribution in [1.82, 2.24) is 5.43 Å². The van der Waals surface area contributed by atoms with Crippen LogP contribution in [-0.4, -0.2) is 17.2 Å². The Balaban J connectivity index is 1.98. The second-order valence-electron chi connectivity index (χ2n) is 5.32. The maximum absolute atomic E-state index is 11.7. The highest BCUT2D eigenvalue weighted by molar-refractivity contribution is 6.02. The van der Waals surface area contributed by atoms with Gasteiger partial charge in [-0.15, -0.1) is 0 Å². The van der Waals surface area contributed by atoms with Crippen LogP contribution in [0.1, 0.15) is 44.6 Å². The zero-order valence-electron chi connectivity index (χ0n) is 12.9. The maximum Gasteiger partial charge on any atom is 0.240 e. The Kier molecular flexibility index (Phi) is 5.95. The molecule has 2 N–H and O–H groups in total. The van der Waals surface area contributed by atoms with Crippen molar-refractivity contribution in [2.24, 2.45) is 5.10 Å². The van der Waals surface area contributed by atoms with Crippen molar-refractivity contribution in [1.29, 1.82) is 0 Å². The zero-order chi connectivity index (χ0) is 15.8. The Morgan fingerprint density at radius 1 is 1.18 bits per heavy atom. The SMILES string of the molecule is CCCCCCC(=O)N/N=C/c1c(O)ccc2ccccc12. The van der Waals surface area contributed by atoms with E-state index in [1.54, 1.807) is 6.07 Å². The Bertz CT molecular complexity index is 665. The molecule has 0 saturated carbocycles. The summed E-state index contributed by atoms with van der Waals surface area (Å²) in [5, 5.41) is 15.9. The Hall–Kier alpha value is -2.36. The van der Waals surface area contributed by atoms with Crippen LogP contribution in [0.3, 0.4) is 0 Å². The molecule has 2 rings (SSSR count). The van der Waals surface area contributed by atoms with Gasteiger partial charge in [-0.05, 0) is 23.3 Å². The molecule has 0 aromatic heterocycles. The number of carbonyl (C=O) groups is 1. The second kappa shape index (κ2) is 8.17. The van der Waals surface area contributed by atoms with Gasteiger partial charge in [0.25, 0.3) is 0 Å². The van der Waals surface area contributed by atoms with E-state index in [0.717, 1.165) is 36.5 Å². The fourth-order valence-corrected chi connectivity index (χ4v) is 2.36. The Morgan fingerprint density at radius 2 is 2.00 bits per heavy atom. The molecule has 0 saturated heterocycles. The van der Waals surface area contributed by atoms with Crippen molar-refractivity contribution < 1.29 is 9.90 Å². The van der Waals surface area contributed by atoms with Gasteiger partial charge < -0.3 is 5.11 Å². The lowest BCUT2D eigenvalue weighted by Crippen LogP contribution is -2.16. The normalized spacial score (nSPS) is 11.1. The number of phenolic OH excluding ortho intramolecular Hbond substituents is 1. The largest absolute Gasteiger partial charge is 0.507 e. The fourth-order valence-electron chi connectivity index (χ4n) is 2.36. The lowest BCUT2D eigenvalue weighted by atomic mass is 10.0. The third kappa shape index (κ3) is 4.32. The lowest BCUT2D eigenvalue weighted by Gasteiger charge is -2.05. The molecular formula is C18H22N2O2. The van der Waals surface area contributed by atoms with Gasteiger partial charge in [0.05, 0.1) is 6.21 Å². The average Bonchev–Trinajstić information content (AvgIpc) is 2.54. The van der Waals surface area contributed by atoms with E-state index >= 15 is 0 Å². The highest BCUT2D eigenvalue weighted by atomic mass is 16.3. The van der Waals surface area contributed by atoms with Gasteiger partial charge in [0.15, 0.2) is 0 Å². The van der Waals surface area contributed by atoms with Crippen LogP contribution >= 0.6 is 0 Å². The number of aromatic hydroxyl groups is 1. The first kappa shape index (κ1) is 16.0. The summed E-state index contributed by atoms with van der Waals surface area (Å²) in [5.41, 5.74) is 3.13. The van der Waals surface area contributed by atoms with Crippen molar-refractivity contribution >= 4 is 22.9 Å². The third-order valence-electron chi connectivity index (χ3n) is 3.59. The van der Waals surface area contributed by atoms with Crippen LogP contribution in [0.4, 0.5) is 0 Å². The number of carbonyl (C=O) groups excluding carboxylic acids is 1. The summed E-state index contributed by atoms with van der Waals surface area (Å²) < 4.78 is 0. The molecular weight excluding hydrogens is 276 g/mol. The number of benzene rings is 2. The van der Waals surface area contributed by atoms with Crippen molar-refractivity contribution in [2.75, 3.05) is 0 Å². The van der Waals surface area contributed by atoms with E-state index in [4.69, 9.17) is 0 Å². The van der Waals surface area contributed by atoms with Gasteiger partial charge in [-0.3, -0.25) is 4.79 Å². The summed E-state index contributed by atoms with van der Waals surface area (Å²) in [7, 11) is 0. The standard InChI is InChI=1S/C18H22N2O2/c1-2-3-4-5-10-18(22)20-19-13-16-15-9-7-6-8-14(15)11-12-17(16)21/h6-9,11-13,21H,2-5,10H2,1H3,(H,20,22)/b19-13+. The molecule has 4 nitrogen and oxygen atoms in total. The number of rotatable bonds is 7. The minimum atomic E-state index is -0.0907. The Morgan fingerprint density at radius 3 is 2.82 bits per heavy atom. The van der Waals surface area contributed by atoms with Crippen molar-refractivity contribution in [3.05, 3.63) is 42.0 Å². The molecule has 0 radical (unpaired) electrons. The van der Waals surface area contributed by atoms with Crippen molar-refractivity contribution in [3.8, 4) is 5.75 Å². The van der Waals surface area contributed by atoms with Crippen LogP contribution in [-0.2, 0) is 4.79 Å². The van der Waals surface area contributed by atoms with Gasteiger partial charge in [-0.25, -0.2) is 5.43 Å². The van der Waals surface area contributed by atoms with Crippen molar-refractivity contribution in [3.63, 3.8) is 0 Å². The van der Waals surface area contributed by atoms with E-state index in [1.165, 1.54) is 6.21 Å². The summed E-state index contributed by atoms with van der Waals surface area (Å²) >= 11 is 0. The van der Waals surface area contributed by atoms with Gasteiger partial charge in [-0.1, -0.05) is 56.5 Å². The third-order valence-corrected chi connectivity index (χ3v) is 3.59. The monoisotopic (exact) mass is 298 g/mol. The molecule has 0 bridgehead atoms. The van der Waals surface area contributed by atoms with E-state index in [-0.39, 0.29) is 11.7 Å². The summed E-state index contributed by atoms with van der Waals surface area (Å²) in [6.45, 7) is 2.14. The highest BCUT2D eigenvalue weighted by Crippen LogP contribution is 2.25. The minimum Gasteiger partial charge on any atom is -0.507 e. The minimum absolute atomic E-state index is 0.0907. The molecule has 0 aliphatic carbocycles. The molecule has 0 aliphatic heterocycles. The molecule has 22 heavy (non-hydrogen) atoms. The molecule has 1 amide bonds. The molecule has 0 atom stereocenters. The van der Waals surface area contributed by atoms with Crippen LogP contribution in [0.2, 0.25) is 0 Å². The van der Waals surface area contributed by atoms with E-state index in [9.17, 15) is 9.90 Å². The smallest absolute Gasteiger partial charge is 0.240 e. The number of nitrogens with one attached hydrogen (secondary N) is 1. The molecule has 0 heterocycles. The van der Waals surface area contributed by atoms with Gasteiger partial charge >= 0.3 is 0 Å². The number of phenols is 1. The summed E-state index contributed by atoms with van der Waals surface area (Å²) in [6.07, 6.45) is 6.24. The summed E-state index contributed by atoms with van der Waals surface area (Å²) in [5.74, 6) is 0.0618. The second-order valence-corrected chi connectivity index (χ2v) is 5.32. The number of hydrogen-bond donors (Lipinski definition) is 2. The molecule has 0 fully saturated rings. The summed E-state index contributed by atoms with van der Waals surface area (Å²) in [6, 6.07) is 11.2.